The van der Waals surface area contributed by atoms with Crippen LogP contribution in [0.1, 0.15) is 69.9 Å². The molecule has 1 aliphatic rings. The van der Waals surface area contributed by atoms with Crippen molar-refractivity contribution in [1.29, 1.82) is 0 Å². The maximum atomic E-state index is 6.05. The molecule has 0 atom stereocenters. The van der Waals surface area contributed by atoms with Crippen LogP contribution in [0.15, 0.2) is 48.5 Å². The fraction of sp³-hybridized carbons (Fsp3) is 0.481. The van der Waals surface area contributed by atoms with Gasteiger partial charge in [0.25, 0.3) is 0 Å². The van der Waals surface area contributed by atoms with Crippen molar-refractivity contribution < 1.29 is 9.47 Å². The highest BCUT2D eigenvalue weighted by Gasteiger charge is 2.21. The maximum Gasteiger partial charge on any atom is 0.119 e. The van der Waals surface area contributed by atoms with E-state index in [2.05, 4.69) is 18.8 Å². The molecule has 1 fully saturated rings. The van der Waals surface area contributed by atoms with Crippen LogP contribution < -0.4 is 9.47 Å². The summed E-state index contributed by atoms with van der Waals surface area (Å²) in [6.45, 7) is 5.80. The van der Waals surface area contributed by atoms with E-state index in [0.717, 1.165) is 35.2 Å². The van der Waals surface area contributed by atoms with Gasteiger partial charge in [0.15, 0.2) is 0 Å². The zero-order valence-corrected chi connectivity index (χ0v) is 18.0. The third-order valence-electron chi connectivity index (χ3n) is 5.79. The molecule has 29 heavy (non-hydrogen) atoms. The molecule has 2 heteroatoms. The van der Waals surface area contributed by atoms with Crippen LogP contribution in [0.4, 0.5) is 0 Å². The molecule has 0 unspecified atom stereocenters. The average Bonchev–Trinajstić information content (AvgIpc) is 2.77. The van der Waals surface area contributed by atoms with E-state index in [1.807, 2.05) is 55.5 Å². The molecule has 1 aliphatic carbocycles. The molecule has 2 nitrogen and oxygen atoms in total. The lowest BCUT2D eigenvalue weighted by atomic mass is 9.80. The predicted octanol–water partition coefficient (Wildman–Crippen LogP) is 6.86. The predicted molar refractivity (Wildman–Crippen MR) is 121 cm³/mol. The number of unbranched alkanes of at least 4 members (excludes halogenated alkanes) is 1. The topological polar surface area (TPSA) is 18.5 Å². The van der Waals surface area contributed by atoms with E-state index in [0.29, 0.717) is 12.5 Å². The van der Waals surface area contributed by atoms with E-state index in [9.17, 15) is 0 Å². The molecule has 0 amide bonds. The Morgan fingerprint density at radius 2 is 1.24 bits per heavy atom. The van der Waals surface area contributed by atoms with Gasteiger partial charge < -0.3 is 9.47 Å². The molecule has 0 spiro atoms. The highest BCUT2D eigenvalue weighted by molar-refractivity contribution is 5.45. The second-order valence-corrected chi connectivity index (χ2v) is 8.07. The molecule has 2 aromatic rings. The van der Waals surface area contributed by atoms with Crippen LogP contribution in [0.2, 0.25) is 0 Å². The van der Waals surface area contributed by atoms with Gasteiger partial charge in [0.1, 0.15) is 11.5 Å². The normalized spacial score (nSPS) is 18.6. The number of benzene rings is 2. The molecule has 0 aromatic heterocycles. The van der Waals surface area contributed by atoms with Gasteiger partial charge in [-0.2, -0.15) is 0 Å². The summed E-state index contributed by atoms with van der Waals surface area (Å²) in [5, 5.41) is 0. The maximum absolute atomic E-state index is 6.05. The Kier molecular flexibility index (Phi) is 8.50. The molecule has 0 radical (unpaired) electrons. The first-order valence-electron chi connectivity index (χ1n) is 11.2. The highest BCUT2D eigenvalue weighted by atomic mass is 16.5. The Balaban J connectivity index is 1.44. The van der Waals surface area contributed by atoms with Crippen molar-refractivity contribution in [2.45, 2.75) is 58.8 Å². The molecule has 3 rings (SSSR count). The van der Waals surface area contributed by atoms with E-state index in [1.54, 1.807) is 0 Å². The lowest BCUT2D eigenvalue weighted by Crippen LogP contribution is -2.20. The molecule has 0 aliphatic heterocycles. The van der Waals surface area contributed by atoms with E-state index >= 15 is 0 Å². The minimum absolute atomic E-state index is 0.680. The Morgan fingerprint density at radius 3 is 1.76 bits per heavy atom. The Labute approximate surface area is 176 Å². The second-order valence-electron chi connectivity index (χ2n) is 8.07. The van der Waals surface area contributed by atoms with Crippen LogP contribution >= 0.6 is 0 Å². The van der Waals surface area contributed by atoms with Crippen molar-refractivity contribution in [2.24, 2.45) is 11.8 Å². The smallest absolute Gasteiger partial charge is 0.119 e. The third-order valence-corrected chi connectivity index (χ3v) is 5.79. The molecule has 0 N–H and O–H groups in total. The van der Waals surface area contributed by atoms with Gasteiger partial charge >= 0.3 is 0 Å². The average molecular weight is 391 g/mol. The quantitative estimate of drug-likeness (QED) is 0.458. The van der Waals surface area contributed by atoms with Crippen molar-refractivity contribution >= 4 is 0 Å². The van der Waals surface area contributed by atoms with Crippen LogP contribution in [-0.2, 0) is 0 Å². The van der Waals surface area contributed by atoms with E-state index in [-0.39, 0.29) is 0 Å². The Hall–Kier alpha value is -2.40. The van der Waals surface area contributed by atoms with Crippen molar-refractivity contribution in [3.63, 3.8) is 0 Å². The summed E-state index contributed by atoms with van der Waals surface area (Å²) < 4.78 is 11.5. The first kappa shape index (κ1) is 21.3. The van der Waals surface area contributed by atoms with Crippen molar-refractivity contribution in [1.82, 2.24) is 0 Å². The third kappa shape index (κ3) is 7.17. The summed E-state index contributed by atoms with van der Waals surface area (Å²) in [4.78, 5) is 0. The molecule has 0 heterocycles. The Bertz CT molecular complexity index is 772. The second kappa shape index (κ2) is 11.6. The molecule has 0 bridgehead atoms. The fourth-order valence-electron chi connectivity index (χ4n) is 3.97. The minimum atomic E-state index is 0.680. The first-order chi connectivity index (χ1) is 14.3. The molecular formula is C27H34O2. The fourth-order valence-corrected chi connectivity index (χ4v) is 3.97. The van der Waals surface area contributed by atoms with Gasteiger partial charge in [0.2, 0.25) is 0 Å². The first-order valence-corrected chi connectivity index (χ1v) is 11.2. The summed E-state index contributed by atoms with van der Waals surface area (Å²) in [5.74, 6) is 9.93. The Morgan fingerprint density at radius 1 is 0.724 bits per heavy atom. The zero-order valence-electron chi connectivity index (χ0n) is 18.0. The summed E-state index contributed by atoms with van der Waals surface area (Å²) >= 11 is 0. The van der Waals surface area contributed by atoms with E-state index in [4.69, 9.17) is 9.47 Å². The zero-order chi connectivity index (χ0) is 20.3. The standard InChI is InChI=1S/C27H34O2/c1-3-5-6-22-9-11-25(12-10-22)21-29-27-19-15-24(16-20-27)8-7-23-13-17-26(18-14-23)28-4-2/h13-20,22,25H,3-6,9-12,21H2,1-2H3. The summed E-state index contributed by atoms with van der Waals surface area (Å²) in [7, 11) is 0. The molecule has 0 saturated heterocycles. The molecule has 154 valence electrons. The van der Waals surface area contributed by atoms with Gasteiger partial charge in [-0.1, -0.05) is 50.9 Å². The van der Waals surface area contributed by atoms with Crippen LogP contribution in [-0.4, -0.2) is 13.2 Å². The molecular weight excluding hydrogens is 356 g/mol. The van der Waals surface area contributed by atoms with Crippen molar-refractivity contribution in [3.8, 4) is 23.3 Å². The van der Waals surface area contributed by atoms with Gasteiger partial charge in [-0.3, -0.25) is 0 Å². The van der Waals surface area contributed by atoms with Crippen LogP contribution in [0.25, 0.3) is 0 Å². The SMILES string of the molecule is CCCCC1CCC(COc2ccc(C#Cc3ccc(OCC)cc3)cc2)CC1. The van der Waals surface area contributed by atoms with Gasteiger partial charge in [-0.25, -0.2) is 0 Å². The summed E-state index contributed by atoms with van der Waals surface area (Å²) in [5.41, 5.74) is 1.99. The van der Waals surface area contributed by atoms with Crippen molar-refractivity contribution in [2.75, 3.05) is 13.2 Å². The van der Waals surface area contributed by atoms with Gasteiger partial charge in [-0.15, -0.1) is 0 Å². The lowest BCUT2D eigenvalue weighted by molar-refractivity contribution is 0.178. The van der Waals surface area contributed by atoms with Gasteiger partial charge in [-0.05, 0) is 80.1 Å². The molecule has 1 saturated carbocycles. The van der Waals surface area contributed by atoms with Crippen LogP contribution in [0.5, 0.6) is 11.5 Å². The molecule has 2 aromatic carbocycles. The van der Waals surface area contributed by atoms with Crippen LogP contribution in [0, 0.1) is 23.7 Å². The van der Waals surface area contributed by atoms with E-state index < -0.39 is 0 Å². The monoisotopic (exact) mass is 390 g/mol. The highest BCUT2D eigenvalue weighted by Crippen LogP contribution is 2.32. The van der Waals surface area contributed by atoms with Crippen LogP contribution in [0.3, 0.4) is 0 Å². The summed E-state index contributed by atoms with van der Waals surface area (Å²) in [6, 6.07) is 16.1. The number of ether oxygens (including phenoxy) is 2. The lowest BCUT2D eigenvalue weighted by Gasteiger charge is -2.28. The number of hydrogen-bond acceptors (Lipinski definition) is 2. The van der Waals surface area contributed by atoms with E-state index in [1.165, 1.54) is 44.9 Å². The number of hydrogen-bond donors (Lipinski definition) is 0. The number of rotatable bonds is 8. The van der Waals surface area contributed by atoms with Gasteiger partial charge in [0.05, 0.1) is 13.2 Å². The minimum Gasteiger partial charge on any atom is -0.494 e. The van der Waals surface area contributed by atoms with Crippen molar-refractivity contribution in [3.05, 3.63) is 59.7 Å². The summed E-state index contributed by atoms with van der Waals surface area (Å²) in [6.07, 6.45) is 9.54. The largest absolute Gasteiger partial charge is 0.494 e. The van der Waals surface area contributed by atoms with Gasteiger partial charge in [0, 0.05) is 11.1 Å².